The Bertz CT molecular complexity index is 300. The second kappa shape index (κ2) is 5.46. The standard InChI is InChI=1S/C14H22O2/c1-14(2,3)13(16)10-9-12(15)11-7-5-4-6-8-11/h4-8,12-13,15-16H,9-10H2,1-3H3/t12-,13+/m1/s1. The third-order valence-electron chi connectivity index (χ3n) is 2.90. The molecule has 1 aromatic carbocycles. The highest BCUT2D eigenvalue weighted by Crippen LogP contribution is 2.26. The molecule has 0 saturated heterocycles. The van der Waals surface area contributed by atoms with Gasteiger partial charge >= 0.3 is 0 Å². The first kappa shape index (κ1) is 13.2. The number of benzene rings is 1. The molecule has 0 unspecified atom stereocenters. The Balaban J connectivity index is 2.45. The monoisotopic (exact) mass is 222 g/mol. The average Bonchev–Trinajstić information content (AvgIpc) is 2.25. The van der Waals surface area contributed by atoms with Crippen molar-refractivity contribution in [3.63, 3.8) is 0 Å². The molecule has 0 radical (unpaired) electrons. The van der Waals surface area contributed by atoms with Crippen molar-refractivity contribution in [2.75, 3.05) is 0 Å². The third kappa shape index (κ3) is 3.95. The van der Waals surface area contributed by atoms with Crippen LogP contribution in [0.15, 0.2) is 30.3 Å². The highest BCUT2D eigenvalue weighted by molar-refractivity contribution is 5.17. The molecule has 16 heavy (non-hydrogen) atoms. The fraction of sp³-hybridized carbons (Fsp3) is 0.571. The van der Waals surface area contributed by atoms with Crippen LogP contribution >= 0.6 is 0 Å². The smallest absolute Gasteiger partial charge is 0.0791 e. The van der Waals surface area contributed by atoms with Crippen LogP contribution in [-0.2, 0) is 0 Å². The summed E-state index contributed by atoms with van der Waals surface area (Å²) in [5.41, 5.74) is 0.805. The highest BCUT2D eigenvalue weighted by Gasteiger charge is 2.22. The molecule has 90 valence electrons. The number of aliphatic hydroxyl groups excluding tert-OH is 2. The van der Waals surface area contributed by atoms with Crippen LogP contribution in [0.2, 0.25) is 0 Å². The number of aliphatic hydroxyl groups is 2. The third-order valence-corrected chi connectivity index (χ3v) is 2.90. The van der Waals surface area contributed by atoms with Gasteiger partial charge in [0.25, 0.3) is 0 Å². The Morgan fingerprint density at radius 3 is 2.06 bits per heavy atom. The lowest BCUT2D eigenvalue weighted by Gasteiger charge is -2.26. The minimum absolute atomic E-state index is 0.115. The summed E-state index contributed by atoms with van der Waals surface area (Å²) in [7, 11) is 0. The minimum Gasteiger partial charge on any atom is -0.393 e. The number of hydrogen-bond acceptors (Lipinski definition) is 2. The summed E-state index contributed by atoms with van der Waals surface area (Å²) in [5, 5.41) is 19.8. The van der Waals surface area contributed by atoms with E-state index in [4.69, 9.17) is 0 Å². The van der Waals surface area contributed by atoms with E-state index < -0.39 is 6.10 Å². The van der Waals surface area contributed by atoms with Gasteiger partial charge in [-0.1, -0.05) is 51.1 Å². The molecule has 2 heteroatoms. The fourth-order valence-electron chi connectivity index (χ4n) is 1.59. The summed E-state index contributed by atoms with van der Waals surface area (Å²) in [6.07, 6.45) is 0.381. The normalized spacial score (nSPS) is 15.8. The van der Waals surface area contributed by atoms with Crippen LogP contribution in [0.25, 0.3) is 0 Å². The van der Waals surface area contributed by atoms with Gasteiger partial charge in [-0.05, 0) is 23.8 Å². The number of hydrogen-bond donors (Lipinski definition) is 2. The van der Waals surface area contributed by atoms with Crippen LogP contribution in [0.1, 0.15) is 45.3 Å². The van der Waals surface area contributed by atoms with Crippen molar-refractivity contribution in [2.45, 2.75) is 45.8 Å². The predicted octanol–water partition coefficient (Wildman–Crippen LogP) is 2.91. The minimum atomic E-state index is -0.474. The van der Waals surface area contributed by atoms with Gasteiger partial charge in [-0.15, -0.1) is 0 Å². The summed E-state index contributed by atoms with van der Waals surface area (Å²) in [5.74, 6) is 0. The molecule has 0 aliphatic heterocycles. The summed E-state index contributed by atoms with van der Waals surface area (Å²) in [6, 6.07) is 9.58. The Labute approximate surface area is 97.9 Å². The first-order valence-electron chi connectivity index (χ1n) is 5.82. The average molecular weight is 222 g/mol. The van der Waals surface area contributed by atoms with E-state index in [1.54, 1.807) is 0 Å². The zero-order valence-electron chi connectivity index (χ0n) is 10.4. The second-order valence-corrected chi connectivity index (χ2v) is 5.39. The zero-order valence-corrected chi connectivity index (χ0v) is 10.4. The lowest BCUT2D eigenvalue weighted by Crippen LogP contribution is -2.26. The Hall–Kier alpha value is -0.860. The quantitative estimate of drug-likeness (QED) is 0.822. The van der Waals surface area contributed by atoms with E-state index in [-0.39, 0.29) is 11.5 Å². The van der Waals surface area contributed by atoms with Gasteiger partial charge in [0, 0.05) is 0 Å². The molecule has 1 aromatic rings. The summed E-state index contributed by atoms with van der Waals surface area (Å²) in [6.45, 7) is 6.02. The van der Waals surface area contributed by atoms with Gasteiger partial charge in [0.2, 0.25) is 0 Å². The SMILES string of the molecule is CC(C)(C)[C@@H](O)CC[C@@H](O)c1ccccc1. The molecule has 0 aliphatic carbocycles. The van der Waals surface area contributed by atoms with Crippen molar-refractivity contribution in [2.24, 2.45) is 5.41 Å². The van der Waals surface area contributed by atoms with Crippen molar-refractivity contribution in [3.05, 3.63) is 35.9 Å². The summed E-state index contributed by atoms with van der Waals surface area (Å²) in [4.78, 5) is 0. The largest absolute Gasteiger partial charge is 0.393 e. The molecule has 0 saturated carbocycles. The van der Waals surface area contributed by atoms with E-state index in [0.717, 1.165) is 5.56 Å². The van der Waals surface area contributed by atoms with Crippen molar-refractivity contribution >= 4 is 0 Å². The zero-order chi connectivity index (χ0) is 12.2. The maximum Gasteiger partial charge on any atom is 0.0791 e. The Morgan fingerprint density at radius 1 is 1.00 bits per heavy atom. The van der Waals surface area contributed by atoms with E-state index in [0.29, 0.717) is 12.8 Å². The van der Waals surface area contributed by atoms with Crippen LogP contribution in [-0.4, -0.2) is 16.3 Å². The second-order valence-electron chi connectivity index (χ2n) is 5.39. The van der Waals surface area contributed by atoms with Gasteiger partial charge in [0.05, 0.1) is 12.2 Å². The molecule has 0 spiro atoms. The summed E-state index contributed by atoms with van der Waals surface area (Å²) >= 11 is 0. The van der Waals surface area contributed by atoms with Gasteiger partial charge in [-0.3, -0.25) is 0 Å². The van der Waals surface area contributed by atoms with Crippen LogP contribution in [0.5, 0.6) is 0 Å². The van der Waals surface area contributed by atoms with Crippen molar-refractivity contribution in [3.8, 4) is 0 Å². The van der Waals surface area contributed by atoms with Crippen LogP contribution in [0.3, 0.4) is 0 Å². The molecule has 2 atom stereocenters. The van der Waals surface area contributed by atoms with E-state index in [1.807, 2.05) is 51.1 Å². The van der Waals surface area contributed by atoms with Gasteiger partial charge in [0.1, 0.15) is 0 Å². The summed E-state index contributed by atoms with van der Waals surface area (Å²) < 4.78 is 0. The molecule has 0 fully saturated rings. The van der Waals surface area contributed by atoms with Crippen LogP contribution in [0, 0.1) is 5.41 Å². The molecule has 0 heterocycles. The molecule has 2 nitrogen and oxygen atoms in total. The van der Waals surface area contributed by atoms with E-state index in [1.165, 1.54) is 0 Å². The Morgan fingerprint density at radius 2 is 1.56 bits per heavy atom. The van der Waals surface area contributed by atoms with Gasteiger partial charge in [-0.2, -0.15) is 0 Å². The van der Waals surface area contributed by atoms with Crippen molar-refractivity contribution in [1.82, 2.24) is 0 Å². The molecule has 0 bridgehead atoms. The van der Waals surface area contributed by atoms with E-state index in [9.17, 15) is 10.2 Å². The molecule has 2 N–H and O–H groups in total. The lowest BCUT2D eigenvalue weighted by atomic mass is 9.85. The van der Waals surface area contributed by atoms with E-state index in [2.05, 4.69) is 0 Å². The molecule has 1 rings (SSSR count). The van der Waals surface area contributed by atoms with Crippen molar-refractivity contribution < 1.29 is 10.2 Å². The maximum absolute atomic E-state index is 9.92. The fourth-order valence-corrected chi connectivity index (χ4v) is 1.59. The van der Waals surface area contributed by atoms with Gasteiger partial charge in [0.15, 0.2) is 0 Å². The lowest BCUT2D eigenvalue weighted by molar-refractivity contribution is 0.0390. The molecular weight excluding hydrogens is 200 g/mol. The van der Waals surface area contributed by atoms with Crippen LogP contribution in [0.4, 0.5) is 0 Å². The Kier molecular flexibility index (Phi) is 4.51. The van der Waals surface area contributed by atoms with Gasteiger partial charge in [-0.25, -0.2) is 0 Å². The van der Waals surface area contributed by atoms with Gasteiger partial charge < -0.3 is 10.2 Å². The molecule has 0 amide bonds. The first-order chi connectivity index (χ1) is 7.41. The highest BCUT2D eigenvalue weighted by atomic mass is 16.3. The predicted molar refractivity (Wildman–Crippen MR) is 66.1 cm³/mol. The van der Waals surface area contributed by atoms with Crippen molar-refractivity contribution in [1.29, 1.82) is 0 Å². The van der Waals surface area contributed by atoms with Crippen LogP contribution < -0.4 is 0 Å². The van der Waals surface area contributed by atoms with E-state index >= 15 is 0 Å². The molecular formula is C14H22O2. The maximum atomic E-state index is 9.92. The first-order valence-corrected chi connectivity index (χ1v) is 5.82. The molecule has 0 aromatic heterocycles. The number of rotatable bonds is 4. The topological polar surface area (TPSA) is 40.5 Å². The molecule has 0 aliphatic rings.